The number of fused-ring (bicyclic) bond motifs is 3. The van der Waals surface area contributed by atoms with Crippen LogP contribution in [0.25, 0.3) is 10.2 Å². The Balaban J connectivity index is 1.73. The summed E-state index contributed by atoms with van der Waals surface area (Å²) in [5, 5.41) is 4.63. The molecular weight excluding hydrogens is 358 g/mol. The third-order valence-electron chi connectivity index (χ3n) is 4.36. The minimum absolute atomic E-state index is 0.236. The molecule has 4 rings (SSSR count). The Kier molecular flexibility index (Phi) is 4.31. The fraction of sp³-hybridized carbons (Fsp3) is 0.278. The second-order valence-electron chi connectivity index (χ2n) is 5.93. The third-order valence-corrected chi connectivity index (χ3v) is 5.71. The first kappa shape index (κ1) is 16.3. The van der Waals surface area contributed by atoms with Gasteiger partial charge in [-0.05, 0) is 67.1 Å². The third kappa shape index (κ3) is 3.07. The van der Waals surface area contributed by atoms with Crippen molar-refractivity contribution in [3.05, 3.63) is 45.6 Å². The van der Waals surface area contributed by atoms with E-state index in [4.69, 9.17) is 16.3 Å². The number of anilines is 2. The van der Waals surface area contributed by atoms with Gasteiger partial charge in [-0.25, -0.2) is 9.78 Å². The molecule has 0 fully saturated rings. The van der Waals surface area contributed by atoms with Gasteiger partial charge in [-0.3, -0.25) is 0 Å². The summed E-state index contributed by atoms with van der Waals surface area (Å²) >= 11 is 7.83. The molecule has 128 valence electrons. The largest absolute Gasteiger partial charge is 0.465 e. The van der Waals surface area contributed by atoms with E-state index in [2.05, 4.69) is 15.3 Å². The molecule has 5 nitrogen and oxygen atoms in total. The van der Waals surface area contributed by atoms with E-state index in [0.29, 0.717) is 5.56 Å². The van der Waals surface area contributed by atoms with Gasteiger partial charge in [0.2, 0.25) is 5.28 Å². The predicted molar refractivity (Wildman–Crippen MR) is 100 cm³/mol. The summed E-state index contributed by atoms with van der Waals surface area (Å²) in [6.07, 6.45) is 4.56. The van der Waals surface area contributed by atoms with E-state index in [0.717, 1.165) is 34.6 Å². The molecule has 0 bridgehead atoms. The molecule has 0 radical (unpaired) electrons. The van der Waals surface area contributed by atoms with Gasteiger partial charge in [0.15, 0.2) is 0 Å². The maximum absolute atomic E-state index is 11.5. The van der Waals surface area contributed by atoms with Crippen molar-refractivity contribution in [3.63, 3.8) is 0 Å². The monoisotopic (exact) mass is 373 g/mol. The summed E-state index contributed by atoms with van der Waals surface area (Å²) in [5.74, 6) is 0.367. The fourth-order valence-corrected chi connectivity index (χ4v) is 4.65. The number of rotatable bonds is 3. The lowest BCUT2D eigenvalue weighted by molar-refractivity contribution is 0.0601. The van der Waals surface area contributed by atoms with Crippen LogP contribution in [0, 0.1) is 0 Å². The SMILES string of the molecule is COC(=O)c1ccc(Nc2nc(Cl)nc3sc4c(c23)CCCC4)cc1. The van der Waals surface area contributed by atoms with Crippen LogP contribution in [-0.4, -0.2) is 23.0 Å². The second-order valence-corrected chi connectivity index (χ2v) is 7.35. The number of ether oxygens (including phenoxy) is 1. The number of methoxy groups -OCH3 is 1. The Morgan fingerprint density at radius 3 is 2.72 bits per heavy atom. The molecule has 0 aliphatic heterocycles. The Bertz CT molecular complexity index is 953. The first-order valence-electron chi connectivity index (χ1n) is 8.09. The lowest BCUT2D eigenvalue weighted by Gasteiger charge is -2.13. The van der Waals surface area contributed by atoms with E-state index >= 15 is 0 Å². The van der Waals surface area contributed by atoms with Gasteiger partial charge >= 0.3 is 5.97 Å². The van der Waals surface area contributed by atoms with Crippen LogP contribution in [0.4, 0.5) is 11.5 Å². The number of nitrogens with zero attached hydrogens (tertiary/aromatic N) is 2. The van der Waals surface area contributed by atoms with E-state index in [1.807, 2.05) is 12.1 Å². The summed E-state index contributed by atoms with van der Waals surface area (Å²) in [5.41, 5.74) is 2.68. The van der Waals surface area contributed by atoms with Crippen molar-refractivity contribution >= 4 is 50.6 Å². The molecular formula is C18H16ClN3O2S. The molecule has 0 saturated heterocycles. The van der Waals surface area contributed by atoms with Gasteiger partial charge in [0.1, 0.15) is 10.6 Å². The van der Waals surface area contributed by atoms with Crippen molar-refractivity contribution in [2.45, 2.75) is 25.7 Å². The minimum atomic E-state index is -0.356. The fourth-order valence-electron chi connectivity index (χ4n) is 3.17. The summed E-state index contributed by atoms with van der Waals surface area (Å²) in [4.78, 5) is 22.7. The molecule has 0 saturated carbocycles. The van der Waals surface area contributed by atoms with E-state index in [1.54, 1.807) is 23.5 Å². The molecule has 2 heterocycles. The number of carbonyl (C=O) groups excluding carboxylic acids is 1. The van der Waals surface area contributed by atoms with Gasteiger partial charge in [-0.2, -0.15) is 4.98 Å². The van der Waals surface area contributed by atoms with Gasteiger partial charge in [0, 0.05) is 10.6 Å². The zero-order chi connectivity index (χ0) is 17.4. The number of thiophene rings is 1. The second kappa shape index (κ2) is 6.61. The number of nitrogens with one attached hydrogen (secondary N) is 1. The van der Waals surface area contributed by atoms with E-state index in [1.165, 1.54) is 30.4 Å². The predicted octanol–water partition coefficient (Wildman–Crippen LogP) is 4.75. The molecule has 1 aromatic carbocycles. The number of hydrogen-bond donors (Lipinski definition) is 1. The molecule has 0 atom stereocenters. The average Bonchev–Trinajstić information content (AvgIpc) is 2.99. The molecule has 1 aliphatic carbocycles. The molecule has 1 aliphatic rings. The van der Waals surface area contributed by atoms with Crippen LogP contribution in [0.3, 0.4) is 0 Å². The number of aromatic nitrogens is 2. The first-order chi connectivity index (χ1) is 12.2. The molecule has 7 heteroatoms. The zero-order valence-corrected chi connectivity index (χ0v) is 15.2. The van der Waals surface area contributed by atoms with Crippen molar-refractivity contribution in [3.8, 4) is 0 Å². The molecule has 0 spiro atoms. The summed E-state index contributed by atoms with van der Waals surface area (Å²) < 4.78 is 4.72. The standard InChI is InChI=1S/C18H16ClN3O2S/c1-24-17(23)10-6-8-11(9-7-10)20-15-14-12-4-2-3-5-13(12)25-16(14)22-18(19)21-15/h6-9H,2-5H2,1H3,(H,20,21,22). The van der Waals surface area contributed by atoms with Gasteiger partial charge < -0.3 is 10.1 Å². The van der Waals surface area contributed by atoms with E-state index in [9.17, 15) is 4.79 Å². The van der Waals surface area contributed by atoms with Crippen LogP contribution in [0.15, 0.2) is 24.3 Å². The zero-order valence-electron chi connectivity index (χ0n) is 13.6. The smallest absolute Gasteiger partial charge is 0.337 e. The van der Waals surface area contributed by atoms with Crippen LogP contribution in [0.1, 0.15) is 33.6 Å². The number of benzene rings is 1. The van der Waals surface area contributed by atoms with Crippen LogP contribution < -0.4 is 5.32 Å². The quantitative estimate of drug-likeness (QED) is 0.530. The first-order valence-corrected chi connectivity index (χ1v) is 9.28. The molecule has 2 aromatic heterocycles. The lowest BCUT2D eigenvalue weighted by atomic mass is 9.97. The maximum Gasteiger partial charge on any atom is 0.337 e. The highest BCUT2D eigenvalue weighted by Crippen LogP contribution is 2.39. The van der Waals surface area contributed by atoms with Gasteiger partial charge in [0.05, 0.1) is 18.1 Å². The highest BCUT2D eigenvalue weighted by molar-refractivity contribution is 7.19. The van der Waals surface area contributed by atoms with Crippen molar-refractivity contribution in [2.24, 2.45) is 0 Å². The van der Waals surface area contributed by atoms with E-state index < -0.39 is 0 Å². The number of aryl methyl sites for hydroxylation is 2. The van der Waals surface area contributed by atoms with Gasteiger partial charge in [0.25, 0.3) is 0 Å². The number of esters is 1. The maximum atomic E-state index is 11.5. The molecule has 0 amide bonds. The van der Waals surface area contributed by atoms with Gasteiger partial charge in [-0.15, -0.1) is 11.3 Å². The molecule has 1 N–H and O–H groups in total. The van der Waals surface area contributed by atoms with Crippen molar-refractivity contribution in [2.75, 3.05) is 12.4 Å². The average molecular weight is 374 g/mol. The van der Waals surface area contributed by atoms with Crippen molar-refractivity contribution in [1.82, 2.24) is 9.97 Å². The molecule has 3 aromatic rings. The number of hydrogen-bond acceptors (Lipinski definition) is 6. The Morgan fingerprint density at radius 2 is 1.96 bits per heavy atom. The van der Waals surface area contributed by atoms with Crippen molar-refractivity contribution in [1.29, 1.82) is 0 Å². The molecule has 25 heavy (non-hydrogen) atoms. The summed E-state index contributed by atoms with van der Waals surface area (Å²) in [6, 6.07) is 7.09. The normalized spacial score (nSPS) is 13.5. The topological polar surface area (TPSA) is 64.1 Å². The number of carbonyl (C=O) groups is 1. The van der Waals surface area contributed by atoms with Gasteiger partial charge in [-0.1, -0.05) is 0 Å². The Labute approximate surface area is 154 Å². The lowest BCUT2D eigenvalue weighted by Crippen LogP contribution is -2.03. The molecule has 0 unspecified atom stereocenters. The Hall–Kier alpha value is -2.18. The van der Waals surface area contributed by atoms with Crippen LogP contribution in [0.2, 0.25) is 5.28 Å². The van der Waals surface area contributed by atoms with Crippen LogP contribution in [-0.2, 0) is 17.6 Å². The van der Waals surface area contributed by atoms with Crippen LogP contribution in [0.5, 0.6) is 0 Å². The highest BCUT2D eigenvalue weighted by atomic mass is 35.5. The Morgan fingerprint density at radius 1 is 1.20 bits per heavy atom. The van der Waals surface area contributed by atoms with Crippen molar-refractivity contribution < 1.29 is 9.53 Å². The number of halogens is 1. The summed E-state index contributed by atoms with van der Waals surface area (Å²) in [7, 11) is 1.37. The highest BCUT2D eigenvalue weighted by Gasteiger charge is 2.21. The minimum Gasteiger partial charge on any atom is -0.465 e. The van der Waals surface area contributed by atoms with Crippen LogP contribution >= 0.6 is 22.9 Å². The van der Waals surface area contributed by atoms with E-state index in [-0.39, 0.29) is 11.3 Å². The summed E-state index contributed by atoms with van der Waals surface area (Å²) in [6.45, 7) is 0.